The van der Waals surface area contributed by atoms with Gasteiger partial charge in [-0.05, 0) is 26.3 Å². The highest BCUT2D eigenvalue weighted by Crippen LogP contribution is 2.03. The molecule has 0 aliphatic rings. The summed E-state index contributed by atoms with van der Waals surface area (Å²) in [5.41, 5.74) is 2.83. The Morgan fingerprint density at radius 3 is 2.43 bits per heavy atom. The van der Waals surface area contributed by atoms with Crippen LogP contribution in [0.2, 0.25) is 0 Å². The number of nitrogens with one attached hydrogen (secondary N) is 2. The van der Waals surface area contributed by atoms with Crippen molar-refractivity contribution in [3.05, 3.63) is 18.0 Å². The number of aromatic nitrogens is 2. The van der Waals surface area contributed by atoms with E-state index in [4.69, 9.17) is 5.21 Å². The van der Waals surface area contributed by atoms with Crippen LogP contribution in [0.15, 0.2) is 12.4 Å². The highest BCUT2D eigenvalue weighted by molar-refractivity contribution is 5.25. The third-order valence-electron chi connectivity index (χ3n) is 1.77. The fraction of sp³-hybridized carbons (Fsp3) is 0.556. The lowest BCUT2D eigenvalue weighted by atomic mass is 10.1. The van der Waals surface area contributed by atoms with Gasteiger partial charge < -0.3 is 10.5 Å². The second-order valence-corrected chi connectivity index (χ2v) is 3.93. The summed E-state index contributed by atoms with van der Waals surface area (Å²) in [7, 11) is 0. The SMILES string of the molecule is Cc1cnc(NCC(C)(C)NO)nc1. The Kier molecular flexibility index (Phi) is 3.38. The summed E-state index contributed by atoms with van der Waals surface area (Å²) in [6.07, 6.45) is 3.49. The first-order valence-corrected chi connectivity index (χ1v) is 4.47. The van der Waals surface area contributed by atoms with E-state index < -0.39 is 5.54 Å². The highest BCUT2D eigenvalue weighted by Gasteiger charge is 2.15. The Morgan fingerprint density at radius 1 is 1.36 bits per heavy atom. The van der Waals surface area contributed by atoms with E-state index in [-0.39, 0.29) is 0 Å². The van der Waals surface area contributed by atoms with Crippen molar-refractivity contribution < 1.29 is 5.21 Å². The number of hydroxylamine groups is 1. The fourth-order valence-electron chi connectivity index (χ4n) is 0.823. The zero-order chi connectivity index (χ0) is 10.6. The maximum atomic E-state index is 8.79. The second kappa shape index (κ2) is 4.34. The van der Waals surface area contributed by atoms with E-state index in [2.05, 4.69) is 20.8 Å². The lowest BCUT2D eigenvalue weighted by Gasteiger charge is -2.22. The van der Waals surface area contributed by atoms with Crippen molar-refractivity contribution in [2.24, 2.45) is 0 Å². The number of anilines is 1. The van der Waals surface area contributed by atoms with Crippen molar-refractivity contribution in [3.8, 4) is 0 Å². The van der Waals surface area contributed by atoms with Crippen LogP contribution in [0, 0.1) is 6.92 Å². The van der Waals surface area contributed by atoms with E-state index in [0.29, 0.717) is 12.5 Å². The van der Waals surface area contributed by atoms with Gasteiger partial charge in [0.2, 0.25) is 5.95 Å². The molecule has 0 unspecified atom stereocenters. The number of hydrogen-bond donors (Lipinski definition) is 3. The summed E-state index contributed by atoms with van der Waals surface area (Å²) in [6.45, 7) is 6.22. The summed E-state index contributed by atoms with van der Waals surface area (Å²) in [5.74, 6) is 0.568. The molecule has 1 aromatic heterocycles. The van der Waals surface area contributed by atoms with Gasteiger partial charge in [0, 0.05) is 18.9 Å². The van der Waals surface area contributed by atoms with Crippen LogP contribution in [-0.4, -0.2) is 27.3 Å². The zero-order valence-corrected chi connectivity index (χ0v) is 8.70. The Balaban J connectivity index is 2.50. The third-order valence-corrected chi connectivity index (χ3v) is 1.77. The molecule has 1 aromatic rings. The molecule has 0 amide bonds. The van der Waals surface area contributed by atoms with Crippen molar-refractivity contribution in [1.29, 1.82) is 0 Å². The van der Waals surface area contributed by atoms with Crippen LogP contribution in [0.5, 0.6) is 0 Å². The standard InChI is InChI=1S/C9H16N4O/c1-7-4-10-8(11-5-7)12-6-9(2,3)13-14/h4-5,13-14H,6H2,1-3H3,(H,10,11,12). The van der Waals surface area contributed by atoms with Gasteiger partial charge in [0.15, 0.2) is 0 Å². The second-order valence-electron chi connectivity index (χ2n) is 3.93. The molecule has 0 saturated heterocycles. The molecule has 0 radical (unpaired) electrons. The van der Waals surface area contributed by atoms with Crippen LogP contribution < -0.4 is 10.8 Å². The first kappa shape index (κ1) is 10.9. The quantitative estimate of drug-likeness (QED) is 0.625. The van der Waals surface area contributed by atoms with Gasteiger partial charge in [0.25, 0.3) is 0 Å². The Morgan fingerprint density at radius 2 is 1.93 bits per heavy atom. The topological polar surface area (TPSA) is 70.1 Å². The molecule has 0 saturated carbocycles. The molecule has 14 heavy (non-hydrogen) atoms. The molecule has 0 atom stereocenters. The minimum absolute atomic E-state index is 0.395. The van der Waals surface area contributed by atoms with Crippen LogP contribution in [0.1, 0.15) is 19.4 Å². The molecule has 3 N–H and O–H groups in total. The predicted molar refractivity (Wildman–Crippen MR) is 54.3 cm³/mol. The number of aryl methyl sites for hydroxylation is 1. The van der Waals surface area contributed by atoms with E-state index in [1.54, 1.807) is 12.4 Å². The molecule has 5 nitrogen and oxygen atoms in total. The first-order chi connectivity index (χ1) is 6.53. The minimum atomic E-state index is -0.395. The van der Waals surface area contributed by atoms with Gasteiger partial charge in [-0.3, -0.25) is 0 Å². The van der Waals surface area contributed by atoms with E-state index >= 15 is 0 Å². The molecule has 0 bridgehead atoms. The largest absolute Gasteiger partial charge is 0.352 e. The van der Waals surface area contributed by atoms with Crippen molar-refractivity contribution in [2.75, 3.05) is 11.9 Å². The number of rotatable bonds is 4. The average Bonchev–Trinajstić information content (AvgIpc) is 2.17. The fourth-order valence-corrected chi connectivity index (χ4v) is 0.823. The van der Waals surface area contributed by atoms with Crippen LogP contribution in [0.4, 0.5) is 5.95 Å². The average molecular weight is 196 g/mol. The van der Waals surface area contributed by atoms with Crippen molar-refractivity contribution in [2.45, 2.75) is 26.3 Å². The third kappa shape index (κ3) is 3.27. The summed E-state index contributed by atoms with van der Waals surface area (Å²) >= 11 is 0. The number of nitrogens with zero attached hydrogens (tertiary/aromatic N) is 2. The summed E-state index contributed by atoms with van der Waals surface area (Å²) < 4.78 is 0. The molecule has 1 heterocycles. The lowest BCUT2D eigenvalue weighted by molar-refractivity contribution is 0.0884. The molecule has 5 heteroatoms. The summed E-state index contributed by atoms with van der Waals surface area (Å²) in [6, 6.07) is 0. The molecule has 0 spiro atoms. The molecule has 0 aliphatic heterocycles. The van der Waals surface area contributed by atoms with Gasteiger partial charge in [-0.15, -0.1) is 0 Å². The van der Waals surface area contributed by atoms with E-state index in [1.807, 2.05) is 20.8 Å². The van der Waals surface area contributed by atoms with Crippen molar-refractivity contribution in [1.82, 2.24) is 15.4 Å². The molecule has 78 valence electrons. The van der Waals surface area contributed by atoms with Crippen LogP contribution >= 0.6 is 0 Å². The van der Waals surface area contributed by atoms with Crippen LogP contribution in [0.25, 0.3) is 0 Å². The Hall–Kier alpha value is -1.20. The van der Waals surface area contributed by atoms with Gasteiger partial charge >= 0.3 is 0 Å². The van der Waals surface area contributed by atoms with Crippen LogP contribution in [0.3, 0.4) is 0 Å². The molecule has 1 rings (SSSR count). The normalized spacial score (nSPS) is 11.4. The van der Waals surface area contributed by atoms with Gasteiger partial charge in [0.1, 0.15) is 0 Å². The van der Waals surface area contributed by atoms with Gasteiger partial charge in [0.05, 0.1) is 5.54 Å². The zero-order valence-electron chi connectivity index (χ0n) is 8.70. The van der Waals surface area contributed by atoms with E-state index in [9.17, 15) is 0 Å². The summed E-state index contributed by atoms with van der Waals surface area (Å²) in [5, 5.41) is 11.8. The smallest absolute Gasteiger partial charge is 0.222 e. The van der Waals surface area contributed by atoms with E-state index in [0.717, 1.165) is 5.56 Å². The summed E-state index contributed by atoms with van der Waals surface area (Å²) in [4.78, 5) is 8.17. The molecular formula is C9H16N4O. The molecule has 0 aromatic carbocycles. The maximum Gasteiger partial charge on any atom is 0.222 e. The minimum Gasteiger partial charge on any atom is -0.352 e. The molecule has 0 fully saturated rings. The first-order valence-electron chi connectivity index (χ1n) is 4.47. The lowest BCUT2D eigenvalue weighted by Crippen LogP contribution is -2.43. The van der Waals surface area contributed by atoms with Crippen molar-refractivity contribution in [3.63, 3.8) is 0 Å². The molecule has 0 aliphatic carbocycles. The van der Waals surface area contributed by atoms with Gasteiger partial charge in [-0.2, -0.15) is 5.48 Å². The maximum absolute atomic E-state index is 8.79. The van der Waals surface area contributed by atoms with Gasteiger partial charge in [-0.1, -0.05) is 0 Å². The van der Waals surface area contributed by atoms with Gasteiger partial charge in [-0.25, -0.2) is 9.97 Å². The van der Waals surface area contributed by atoms with Crippen molar-refractivity contribution >= 4 is 5.95 Å². The van der Waals surface area contributed by atoms with E-state index in [1.165, 1.54) is 0 Å². The number of hydrogen-bond acceptors (Lipinski definition) is 5. The Labute approximate surface area is 83.5 Å². The van der Waals surface area contributed by atoms with Crippen LogP contribution in [-0.2, 0) is 0 Å². The molecular weight excluding hydrogens is 180 g/mol. The monoisotopic (exact) mass is 196 g/mol. The predicted octanol–water partition coefficient (Wildman–Crippen LogP) is 0.954. The highest BCUT2D eigenvalue weighted by atomic mass is 16.5. The Bertz CT molecular complexity index is 283.